The molecule has 94 valence electrons. The van der Waals surface area contributed by atoms with E-state index < -0.39 is 0 Å². The fraction of sp³-hybridized carbons (Fsp3) is 0.636. The van der Waals surface area contributed by atoms with Gasteiger partial charge in [0.15, 0.2) is 0 Å². The summed E-state index contributed by atoms with van der Waals surface area (Å²) in [4.78, 5) is 15.6. The van der Waals surface area contributed by atoms with Gasteiger partial charge in [-0.25, -0.2) is 9.78 Å². The monoisotopic (exact) mass is 238 g/mol. The summed E-state index contributed by atoms with van der Waals surface area (Å²) in [5.41, 5.74) is 0. The van der Waals surface area contributed by atoms with Crippen LogP contribution in [0.15, 0.2) is 12.4 Å². The minimum atomic E-state index is -0.153. The molecule has 17 heavy (non-hydrogen) atoms. The van der Waals surface area contributed by atoms with Gasteiger partial charge in [-0.15, -0.1) is 0 Å². The zero-order chi connectivity index (χ0) is 12.3. The third kappa shape index (κ3) is 3.20. The van der Waals surface area contributed by atoms with Crippen LogP contribution in [-0.2, 0) is 17.9 Å². The quantitative estimate of drug-likeness (QED) is 0.805. The van der Waals surface area contributed by atoms with Crippen molar-refractivity contribution in [1.82, 2.24) is 20.2 Å². The summed E-state index contributed by atoms with van der Waals surface area (Å²) in [7, 11) is 0. The molecule has 1 aliphatic rings. The first kappa shape index (κ1) is 11.9. The van der Waals surface area contributed by atoms with Gasteiger partial charge in [0.2, 0.25) is 0 Å². The van der Waals surface area contributed by atoms with Crippen molar-refractivity contribution < 1.29 is 9.53 Å². The summed E-state index contributed by atoms with van der Waals surface area (Å²) in [6, 6.07) is -0.0115. The first-order valence-corrected chi connectivity index (χ1v) is 5.81. The number of carbonyl (C=O) groups is 1. The Bertz CT molecular complexity index is 389. The van der Waals surface area contributed by atoms with Crippen LogP contribution < -0.4 is 10.6 Å². The molecule has 2 heterocycles. The van der Waals surface area contributed by atoms with Crippen LogP contribution >= 0.6 is 0 Å². The molecule has 0 spiro atoms. The van der Waals surface area contributed by atoms with Gasteiger partial charge >= 0.3 is 6.03 Å². The molecule has 2 N–H and O–H groups in total. The Labute approximate surface area is 100 Å². The first-order valence-electron chi connectivity index (χ1n) is 5.81. The average molecular weight is 238 g/mol. The summed E-state index contributed by atoms with van der Waals surface area (Å²) in [6.45, 7) is 5.60. The number of urea groups is 1. The number of fused-ring (bicyclic) bond motifs is 1. The van der Waals surface area contributed by atoms with Gasteiger partial charge in [0.25, 0.3) is 0 Å². The lowest BCUT2D eigenvalue weighted by Gasteiger charge is -2.24. The molecule has 6 nitrogen and oxygen atoms in total. The van der Waals surface area contributed by atoms with E-state index in [2.05, 4.69) is 20.2 Å². The Morgan fingerprint density at radius 1 is 1.71 bits per heavy atom. The van der Waals surface area contributed by atoms with Crippen molar-refractivity contribution in [2.24, 2.45) is 0 Å². The minimum Gasteiger partial charge on any atom is -0.367 e. The Hall–Kier alpha value is -1.56. The van der Waals surface area contributed by atoms with Crippen molar-refractivity contribution in [3.05, 3.63) is 18.2 Å². The maximum absolute atomic E-state index is 11.4. The molecular weight excluding hydrogens is 220 g/mol. The molecule has 1 aromatic rings. The number of nitrogens with zero attached hydrogens (tertiary/aromatic N) is 2. The molecule has 2 amide bonds. The minimum absolute atomic E-state index is 0.00890. The van der Waals surface area contributed by atoms with Crippen LogP contribution in [0.4, 0.5) is 4.79 Å². The van der Waals surface area contributed by atoms with Gasteiger partial charge in [-0.05, 0) is 13.8 Å². The second-order valence-electron chi connectivity index (χ2n) is 4.44. The summed E-state index contributed by atoms with van der Waals surface area (Å²) in [5, 5.41) is 5.57. The van der Waals surface area contributed by atoms with E-state index in [9.17, 15) is 4.79 Å². The zero-order valence-corrected chi connectivity index (χ0v) is 10.1. The van der Waals surface area contributed by atoms with Crippen LogP contribution in [0.25, 0.3) is 0 Å². The van der Waals surface area contributed by atoms with Crippen LogP contribution in [0.3, 0.4) is 0 Å². The lowest BCUT2D eigenvalue weighted by atomic mass is 10.3. The average Bonchev–Trinajstić information content (AvgIpc) is 2.72. The van der Waals surface area contributed by atoms with Gasteiger partial charge in [-0.3, -0.25) is 0 Å². The number of carbonyl (C=O) groups excluding carboxylic acids is 1. The smallest absolute Gasteiger partial charge is 0.315 e. The highest BCUT2D eigenvalue weighted by molar-refractivity contribution is 5.74. The number of hydrogen-bond acceptors (Lipinski definition) is 3. The van der Waals surface area contributed by atoms with Crippen molar-refractivity contribution in [2.75, 3.05) is 6.54 Å². The summed E-state index contributed by atoms with van der Waals surface area (Å²) >= 11 is 0. The molecule has 0 aromatic carbocycles. The van der Waals surface area contributed by atoms with E-state index in [4.69, 9.17) is 4.74 Å². The van der Waals surface area contributed by atoms with E-state index in [1.54, 1.807) is 6.20 Å². The molecule has 1 aromatic heterocycles. The highest BCUT2D eigenvalue weighted by Crippen LogP contribution is 2.11. The Balaban J connectivity index is 1.77. The second kappa shape index (κ2) is 5.18. The molecule has 1 atom stereocenters. The predicted octanol–water partition coefficient (Wildman–Crippen LogP) is 0.489. The zero-order valence-electron chi connectivity index (χ0n) is 10.1. The summed E-state index contributed by atoms with van der Waals surface area (Å²) in [6.07, 6.45) is 3.70. The van der Waals surface area contributed by atoms with Crippen LogP contribution in [-0.4, -0.2) is 34.3 Å². The Kier molecular flexibility index (Phi) is 3.63. The second-order valence-corrected chi connectivity index (χ2v) is 4.44. The molecule has 2 rings (SSSR count). The maximum Gasteiger partial charge on any atom is 0.315 e. The summed E-state index contributed by atoms with van der Waals surface area (Å²) < 4.78 is 7.64. The summed E-state index contributed by atoms with van der Waals surface area (Å²) in [5.74, 6) is 0.938. The van der Waals surface area contributed by atoms with E-state index in [0.29, 0.717) is 13.2 Å². The Morgan fingerprint density at radius 3 is 3.29 bits per heavy atom. The topological polar surface area (TPSA) is 68.2 Å². The van der Waals surface area contributed by atoms with E-state index in [1.807, 2.05) is 20.0 Å². The number of ether oxygens (including phenoxy) is 1. The molecule has 0 bridgehead atoms. The SMILES string of the molecule is CC(C)NC(=O)NC[C@H]1Cn2ccnc2CO1. The van der Waals surface area contributed by atoms with E-state index in [1.165, 1.54) is 0 Å². The van der Waals surface area contributed by atoms with Crippen LogP contribution in [0.2, 0.25) is 0 Å². The molecule has 0 fully saturated rings. The molecule has 0 saturated carbocycles. The molecule has 0 unspecified atom stereocenters. The fourth-order valence-corrected chi connectivity index (χ4v) is 1.75. The highest BCUT2D eigenvalue weighted by atomic mass is 16.5. The molecule has 0 aliphatic carbocycles. The van der Waals surface area contributed by atoms with Crippen molar-refractivity contribution >= 4 is 6.03 Å². The number of rotatable bonds is 3. The number of aromatic nitrogens is 2. The standard InChI is InChI=1S/C11H18N4O2/c1-8(2)14-11(16)13-5-9-6-15-4-3-12-10(15)7-17-9/h3-4,8-9H,5-7H2,1-2H3,(H2,13,14,16)/t9-/m0/s1. The largest absolute Gasteiger partial charge is 0.367 e. The normalized spacial score (nSPS) is 18.9. The Morgan fingerprint density at radius 2 is 2.53 bits per heavy atom. The molecule has 6 heteroatoms. The lowest BCUT2D eigenvalue weighted by molar-refractivity contribution is 0.00441. The highest BCUT2D eigenvalue weighted by Gasteiger charge is 2.19. The van der Waals surface area contributed by atoms with E-state index in [-0.39, 0.29) is 18.2 Å². The number of hydrogen-bond donors (Lipinski definition) is 2. The van der Waals surface area contributed by atoms with E-state index in [0.717, 1.165) is 12.4 Å². The van der Waals surface area contributed by atoms with Crippen molar-refractivity contribution in [3.8, 4) is 0 Å². The van der Waals surface area contributed by atoms with Gasteiger partial charge in [0, 0.05) is 25.0 Å². The number of amides is 2. The molecule has 1 aliphatic heterocycles. The van der Waals surface area contributed by atoms with Crippen molar-refractivity contribution in [2.45, 2.75) is 39.1 Å². The number of imidazole rings is 1. The van der Waals surface area contributed by atoms with Gasteiger partial charge in [-0.1, -0.05) is 0 Å². The van der Waals surface area contributed by atoms with Gasteiger partial charge in [0.1, 0.15) is 12.4 Å². The predicted molar refractivity (Wildman–Crippen MR) is 62.5 cm³/mol. The lowest BCUT2D eigenvalue weighted by Crippen LogP contribution is -2.44. The van der Waals surface area contributed by atoms with Crippen molar-refractivity contribution in [1.29, 1.82) is 0 Å². The first-order chi connectivity index (χ1) is 8.15. The van der Waals surface area contributed by atoms with Crippen LogP contribution in [0, 0.1) is 0 Å². The third-order valence-electron chi connectivity index (χ3n) is 2.56. The third-order valence-corrected chi connectivity index (χ3v) is 2.56. The van der Waals surface area contributed by atoms with Crippen LogP contribution in [0.1, 0.15) is 19.7 Å². The van der Waals surface area contributed by atoms with Crippen molar-refractivity contribution in [3.63, 3.8) is 0 Å². The maximum atomic E-state index is 11.4. The van der Waals surface area contributed by atoms with Crippen LogP contribution in [0.5, 0.6) is 0 Å². The van der Waals surface area contributed by atoms with Gasteiger partial charge in [-0.2, -0.15) is 0 Å². The molecular formula is C11H18N4O2. The fourth-order valence-electron chi connectivity index (χ4n) is 1.75. The molecule has 0 saturated heterocycles. The number of nitrogens with one attached hydrogen (secondary N) is 2. The van der Waals surface area contributed by atoms with E-state index >= 15 is 0 Å². The van der Waals surface area contributed by atoms with Gasteiger partial charge in [0.05, 0.1) is 12.6 Å². The van der Waals surface area contributed by atoms with Gasteiger partial charge < -0.3 is 19.9 Å². The molecule has 0 radical (unpaired) electrons.